The number of thiophene rings is 1. The summed E-state index contributed by atoms with van der Waals surface area (Å²) >= 11 is 2.83. The van der Waals surface area contributed by atoms with Gasteiger partial charge in [0.05, 0.1) is 6.04 Å². The Bertz CT molecular complexity index is 1000. The van der Waals surface area contributed by atoms with Crippen LogP contribution in [-0.2, 0) is 24.2 Å². The summed E-state index contributed by atoms with van der Waals surface area (Å²) < 4.78 is 1.67. The average molecular weight is 399 g/mol. The lowest BCUT2D eigenvalue weighted by Gasteiger charge is -2.19. The number of amides is 1. The zero-order valence-electron chi connectivity index (χ0n) is 15.2. The number of nitrogens with one attached hydrogen (secondary N) is 1. The van der Waals surface area contributed by atoms with Crippen molar-refractivity contribution in [1.29, 1.82) is 0 Å². The van der Waals surface area contributed by atoms with Crippen molar-refractivity contribution in [2.75, 3.05) is 0 Å². The number of fused-ring (bicyclic) bond motifs is 1. The van der Waals surface area contributed by atoms with E-state index in [0.717, 1.165) is 29.0 Å². The molecule has 6 heteroatoms. The molecule has 0 bridgehead atoms. The lowest BCUT2D eigenvalue weighted by molar-refractivity contribution is -0.121. The van der Waals surface area contributed by atoms with Gasteiger partial charge >= 0.3 is 4.87 Å². The van der Waals surface area contributed by atoms with Crippen LogP contribution in [0.3, 0.4) is 0 Å². The van der Waals surface area contributed by atoms with Crippen molar-refractivity contribution in [2.24, 2.45) is 0 Å². The van der Waals surface area contributed by atoms with Crippen LogP contribution in [0, 0.1) is 6.92 Å². The molecule has 1 aromatic carbocycles. The lowest BCUT2D eigenvalue weighted by atomic mass is 10.00. The van der Waals surface area contributed by atoms with E-state index in [4.69, 9.17) is 0 Å². The second-order valence-electron chi connectivity index (χ2n) is 6.94. The van der Waals surface area contributed by atoms with E-state index < -0.39 is 0 Å². The van der Waals surface area contributed by atoms with Crippen molar-refractivity contribution in [3.05, 3.63) is 78.0 Å². The number of nitrogens with zero attached hydrogens (tertiary/aromatic N) is 1. The summed E-state index contributed by atoms with van der Waals surface area (Å²) in [5.41, 5.74) is 4.88. The van der Waals surface area contributed by atoms with Gasteiger partial charge in [-0.2, -0.15) is 0 Å². The summed E-state index contributed by atoms with van der Waals surface area (Å²) in [6, 6.07) is 10.5. The molecule has 1 N–H and O–H groups in total. The summed E-state index contributed by atoms with van der Waals surface area (Å²) in [6.45, 7) is 2.32. The highest BCUT2D eigenvalue weighted by Gasteiger charge is 2.20. The highest BCUT2D eigenvalue weighted by Crippen LogP contribution is 2.30. The van der Waals surface area contributed by atoms with Gasteiger partial charge in [0.1, 0.15) is 0 Å². The van der Waals surface area contributed by atoms with Crippen molar-refractivity contribution in [1.82, 2.24) is 9.88 Å². The summed E-state index contributed by atoms with van der Waals surface area (Å²) in [5, 5.41) is 7.06. The number of hydrogen-bond acceptors (Lipinski definition) is 4. The smallest absolute Gasteiger partial charge is 0.307 e. The van der Waals surface area contributed by atoms with E-state index in [2.05, 4.69) is 29.6 Å². The van der Waals surface area contributed by atoms with Crippen molar-refractivity contribution in [3.63, 3.8) is 0 Å². The van der Waals surface area contributed by atoms with Crippen molar-refractivity contribution in [2.45, 2.75) is 45.2 Å². The Morgan fingerprint density at radius 3 is 2.81 bits per heavy atom. The molecule has 0 radical (unpaired) electrons. The van der Waals surface area contributed by atoms with E-state index in [1.807, 2.05) is 23.8 Å². The molecule has 0 fully saturated rings. The van der Waals surface area contributed by atoms with Gasteiger partial charge in [-0.1, -0.05) is 35.6 Å². The molecule has 27 heavy (non-hydrogen) atoms. The number of carbonyl (C=O) groups is 1. The number of thiazole rings is 1. The predicted octanol–water partition coefficient (Wildman–Crippen LogP) is 4.06. The minimum Gasteiger partial charge on any atom is -0.344 e. The maximum absolute atomic E-state index is 12.7. The van der Waals surface area contributed by atoms with Crippen LogP contribution in [0.5, 0.6) is 0 Å². The van der Waals surface area contributed by atoms with E-state index >= 15 is 0 Å². The van der Waals surface area contributed by atoms with Crippen LogP contribution in [0.1, 0.15) is 46.1 Å². The third kappa shape index (κ3) is 3.92. The molecule has 0 spiro atoms. The summed E-state index contributed by atoms with van der Waals surface area (Å²) in [5.74, 6) is -0.0357. The number of carbonyl (C=O) groups excluding carboxylic acids is 1. The molecule has 0 aliphatic heterocycles. The van der Waals surface area contributed by atoms with Crippen molar-refractivity contribution < 1.29 is 4.79 Å². The van der Waals surface area contributed by atoms with Gasteiger partial charge in [-0.15, -0.1) is 11.3 Å². The van der Waals surface area contributed by atoms with Gasteiger partial charge in [0, 0.05) is 28.9 Å². The third-order valence-corrected chi connectivity index (χ3v) is 6.95. The Morgan fingerprint density at radius 2 is 2.07 bits per heavy atom. The monoisotopic (exact) mass is 398 g/mol. The summed E-state index contributed by atoms with van der Waals surface area (Å²) in [6.07, 6.45) is 3.78. The Kier molecular flexibility index (Phi) is 5.27. The SMILES string of the molecule is Cc1csc(=O)n1CCC(=O)N[C@H](c1ccc2c(c1)CCC2)c1cccs1. The standard InChI is InChI=1S/C21H22N2O2S2/c1-14-13-27-21(25)23(14)10-9-19(24)22-20(18-6-3-11-26-18)17-8-7-15-4-2-5-16(15)12-17/h3,6-8,11-13,20H,2,4-5,9-10H2,1H3,(H,22,24)/t20-/m1/s1. The molecule has 0 saturated carbocycles. The third-order valence-electron chi connectivity index (χ3n) is 5.13. The number of rotatable bonds is 6. The highest BCUT2D eigenvalue weighted by molar-refractivity contribution is 7.10. The van der Waals surface area contributed by atoms with Crippen molar-refractivity contribution in [3.8, 4) is 0 Å². The first-order valence-electron chi connectivity index (χ1n) is 9.21. The van der Waals surface area contributed by atoms with Crippen LogP contribution in [0.4, 0.5) is 0 Å². The molecule has 140 valence electrons. The average Bonchev–Trinajstić information content (AvgIpc) is 3.40. The Hall–Kier alpha value is -2.18. The van der Waals surface area contributed by atoms with Crippen LogP contribution < -0.4 is 10.2 Å². The van der Waals surface area contributed by atoms with Gasteiger partial charge in [0.2, 0.25) is 5.91 Å². The number of aryl methyl sites for hydroxylation is 3. The Balaban J connectivity index is 1.52. The second kappa shape index (κ2) is 7.82. The quantitative estimate of drug-likeness (QED) is 0.681. The van der Waals surface area contributed by atoms with E-state index in [-0.39, 0.29) is 16.8 Å². The molecule has 1 aliphatic carbocycles. The van der Waals surface area contributed by atoms with Gasteiger partial charge < -0.3 is 9.88 Å². The molecule has 1 aliphatic rings. The lowest BCUT2D eigenvalue weighted by Crippen LogP contribution is -2.30. The molecule has 4 nitrogen and oxygen atoms in total. The molecule has 3 aromatic rings. The molecule has 0 unspecified atom stereocenters. The number of benzene rings is 1. The van der Waals surface area contributed by atoms with Gasteiger partial charge in [-0.25, -0.2) is 0 Å². The van der Waals surface area contributed by atoms with Crippen LogP contribution in [0.25, 0.3) is 0 Å². The van der Waals surface area contributed by atoms with Crippen LogP contribution >= 0.6 is 22.7 Å². The first-order valence-corrected chi connectivity index (χ1v) is 11.0. The van der Waals surface area contributed by atoms with Crippen LogP contribution in [-0.4, -0.2) is 10.5 Å². The fourth-order valence-corrected chi connectivity index (χ4v) is 5.23. The highest BCUT2D eigenvalue weighted by atomic mass is 32.1. The van der Waals surface area contributed by atoms with Crippen molar-refractivity contribution >= 4 is 28.6 Å². The molecule has 1 amide bonds. The van der Waals surface area contributed by atoms with Gasteiger partial charge in [0.15, 0.2) is 0 Å². The molecule has 4 rings (SSSR count). The van der Waals surface area contributed by atoms with E-state index in [1.165, 1.54) is 28.9 Å². The molecule has 0 saturated heterocycles. The summed E-state index contributed by atoms with van der Waals surface area (Å²) in [4.78, 5) is 25.6. The normalized spacial score (nSPS) is 14.1. The van der Waals surface area contributed by atoms with Gasteiger partial charge in [-0.3, -0.25) is 9.59 Å². The molecule has 2 heterocycles. The molecule has 2 aromatic heterocycles. The van der Waals surface area contributed by atoms with Gasteiger partial charge in [-0.05, 0) is 54.3 Å². The molecular formula is C21H22N2O2S2. The fraction of sp³-hybridized carbons (Fsp3) is 0.333. The number of aromatic nitrogens is 1. The first kappa shape index (κ1) is 18.2. The largest absolute Gasteiger partial charge is 0.344 e. The zero-order valence-corrected chi connectivity index (χ0v) is 16.9. The minimum atomic E-state index is -0.135. The first-order chi connectivity index (χ1) is 13.1. The molecule has 1 atom stereocenters. The summed E-state index contributed by atoms with van der Waals surface area (Å²) in [7, 11) is 0. The Labute approximate surface area is 166 Å². The van der Waals surface area contributed by atoms with E-state index in [9.17, 15) is 9.59 Å². The number of hydrogen-bond donors (Lipinski definition) is 1. The Morgan fingerprint density at radius 1 is 1.22 bits per heavy atom. The fourth-order valence-electron chi connectivity index (χ4n) is 3.67. The minimum absolute atomic E-state index is 0.00581. The van der Waals surface area contributed by atoms with Gasteiger partial charge in [0.25, 0.3) is 0 Å². The molecular weight excluding hydrogens is 376 g/mol. The maximum Gasteiger partial charge on any atom is 0.307 e. The van der Waals surface area contributed by atoms with Crippen LogP contribution in [0.2, 0.25) is 0 Å². The maximum atomic E-state index is 12.7. The zero-order chi connectivity index (χ0) is 18.8. The van der Waals surface area contributed by atoms with E-state index in [1.54, 1.807) is 15.9 Å². The van der Waals surface area contributed by atoms with Crippen LogP contribution in [0.15, 0.2) is 45.9 Å². The predicted molar refractivity (Wildman–Crippen MR) is 111 cm³/mol. The van der Waals surface area contributed by atoms with E-state index in [0.29, 0.717) is 13.0 Å². The second-order valence-corrected chi connectivity index (χ2v) is 8.74. The topological polar surface area (TPSA) is 51.1 Å².